The van der Waals surface area contributed by atoms with Gasteiger partial charge in [0.15, 0.2) is 17.3 Å². The van der Waals surface area contributed by atoms with Gasteiger partial charge in [0, 0.05) is 5.56 Å². The summed E-state index contributed by atoms with van der Waals surface area (Å²) >= 11 is 0. The van der Waals surface area contributed by atoms with E-state index in [1.165, 1.54) is 25.1 Å². The molecule has 0 bridgehead atoms. The Hall–Kier alpha value is -1.38. The molecule has 0 unspecified atom stereocenters. The Morgan fingerprint density at radius 2 is 1.84 bits per heavy atom. The average molecular weight is 268 g/mol. The van der Waals surface area contributed by atoms with Crippen LogP contribution in [0.3, 0.4) is 0 Å². The van der Waals surface area contributed by atoms with E-state index >= 15 is 0 Å². The standard InChI is InChI=1S/C12H13FO2.2C2H6/c1-8(14)10-4-5-11(13)12(6-10)15-7-9-2-3-9;2*1-2/h4-6,9H,2-3,7H2,1H3;2*1-2H3. The molecule has 0 spiro atoms. The number of hydrogen-bond donors (Lipinski definition) is 0. The number of carbonyl (C=O) groups is 1. The lowest BCUT2D eigenvalue weighted by Gasteiger charge is -2.07. The second-order valence-corrected chi connectivity index (χ2v) is 3.96. The third kappa shape index (κ3) is 6.37. The summed E-state index contributed by atoms with van der Waals surface area (Å²) in [5.74, 6) is 0.284. The van der Waals surface area contributed by atoms with Crippen LogP contribution in [0.1, 0.15) is 57.8 Å². The molecule has 0 amide bonds. The molecule has 1 aliphatic carbocycles. The zero-order valence-corrected chi connectivity index (χ0v) is 12.6. The Balaban J connectivity index is 0.000000741. The van der Waals surface area contributed by atoms with Crippen molar-refractivity contribution in [3.8, 4) is 5.75 Å². The van der Waals surface area contributed by atoms with Gasteiger partial charge in [-0.15, -0.1) is 0 Å². The van der Waals surface area contributed by atoms with E-state index in [1.807, 2.05) is 27.7 Å². The Kier molecular flexibility index (Phi) is 8.84. The highest BCUT2D eigenvalue weighted by molar-refractivity contribution is 5.94. The molecule has 1 saturated carbocycles. The summed E-state index contributed by atoms with van der Waals surface area (Å²) in [6, 6.07) is 4.22. The van der Waals surface area contributed by atoms with E-state index in [1.54, 1.807) is 0 Å². The van der Waals surface area contributed by atoms with Gasteiger partial charge in [-0.25, -0.2) is 4.39 Å². The maximum absolute atomic E-state index is 13.3. The van der Waals surface area contributed by atoms with Crippen molar-refractivity contribution >= 4 is 5.78 Å². The van der Waals surface area contributed by atoms with Crippen LogP contribution in [0.25, 0.3) is 0 Å². The van der Waals surface area contributed by atoms with E-state index in [4.69, 9.17) is 4.74 Å². The van der Waals surface area contributed by atoms with Crippen molar-refractivity contribution in [2.24, 2.45) is 5.92 Å². The van der Waals surface area contributed by atoms with Gasteiger partial charge in [0.05, 0.1) is 6.61 Å². The smallest absolute Gasteiger partial charge is 0.165 e. The normalized spacial score (nSPS) is 12.5. The number of ketones is 1. The molecule has 0 aliphatic heterocycles. The SMILES string of the molecule is CC.CC.CC(=O)c1ccc(F)c(OCC2CC2)c1. The molecule has 19 heavy (non-hydrogen) atoms. The summed E-state index contributed by atoms with van der Waals surface area (Å²) in [6.07, 6.45) is 2.32. The van der Waals surface area contributed by atoms with Crippen LogP contribution >= 0.6 is 0 Å². The molecule has 3 heteroatoms. The average Bonchev–Trinajstić information content (AvgIpc) is 3.26. The lowest BCUT2D eigenvalue weighted by atomic mass is 10.1. The van der Waals surface area contributed by atoms with Crippen LogP contribution in [-0.4, -0.2) is 12.4 Å². The number of Topliss-reactive ketones (excluding diaryl/α,β-unsaturated/α-hetero) is 1. The summed E-state index contributed by atoms with van der Waals surface area (Å²) in [5, 5.41) is 0. The van der Waals surface area contributed by atoms with Crippen LogP contribution in [-0.2, 0) is 0 Å². The molecule has 1 fully saturated rings. The third-order valence-electron chi connectivity index (χ3n) is 2.51. The van der Waals surface area contributed by atoms with Gasteiger partial charge < -0.3 is 4.74 Å². The van der Waals surface area contributed by atoms with Gasteiger partial charge in [0.1, 0.15) is 0 Å². The van der Waals surface area contributed by atoms with Gasteiger partial charge in [0.2, 0.25) is 0 Å². The van der Waals surface area contributed by atoms with Gasteiger partial charge in [-0.1, -0.05) is 27.7 Å². The molecule has 0 atom stereocenters. The fourth-order valence-electron chi connectivity index (χ4n) is 1.33. The quantitative estimate of drug-likeness (QED) is 0.728. The van der Waals surface area contributed by atoms with Gasteiger partial charge in [-0.3, -0.25) is 4.79 Å². The maximum Gasteiger partial charge on any atom is 0.165 e. The highest BCUT2D eigenvalue weighted by atomic mass is 19.1. The first-order valence-corrected chi connectivity index (χ1v) is 7.10. The number of rotatable bonds is 4. The van der Waals surface area contributed by atoms with E-state index in [-0.39, 0.29) is 11.5 Å². The van der Waals surface area contributed by atoms with E-state index in [0.717, 1.165) is 12.8 Å². The summed E-state index contributed by atoms with van der Waals surface area (Å²) in [7, 11) is 0. The Labute approximate surface area is 116 Å². The predicted octanol–water partition coefficient (Wildman–Crippen LogP) is 4.87. The highest BCUT2D eigenvalue weighted by Crippen LogP contribution is 2.30. The molecule has 0 aromatic heterocycles. The van der Waals surface area contributed by atoms with Gasteiger partial charge in [0.25, 0.3) is 0 Å². The topological polar surface area (TPSA) is 26.3 Å². The number of carbonyl (C=O) groups excluding carboxylic acids is 1. The van der Waals surface area contributed by atoms with Crippen molar-refractivity contribution in [1.82, 2.24) is 0 Å². The lowest BCUT2D eigenvalue weighted by Crippen LogP contribution is -2.02. The third-order valence-corrected chi connectivity index (χ3v) is 2.51. The second kappa shape index (κ2) is 9.54. The predicted molar refractivity (Wildman–Crippen MR) is 77.3 cm³/mol. The fraction of sp³-hybridized carbons (Fsp3) is 0.562. The Morgan fingerprint density at radius 1 is 1.26 bits per heavy atom. The Bertz CT molecular complexity index is 384. The number of hydrogen-bond acceptors (Lipinski definition) is 2. The molecule has 2 nitrogen and oxygen atoms in total. The molecule has 0 saturated heterocycles. The van der Waals surface area contributed by atoms with Crippen LogP contribution in [0, 0.1) is 11.7 Å². The van der Waals surface area contributed by atoms with Crippen LogP contribution in [0.5, 0.6) is 5.75 Å². The van der Waals surface area contributed by atoms with Crippen LogP contribution in [0.15, 0.2) is 18.2 Å². The van der Waals surface area contributed by atoms with Crippen molar-refractivity contribution in [2.75, 3.05) is 6.61 Å². The molecule has 0 N–H and O–H groups in total. The summed E-state index contributed by atoms with van der Waals surface area (Å²) < 4.78 is 18.6. The van der Waals surface area contributed by atoms with Crippen molar-refractivity contribution in [1.29, 1.82) is 0 Å². The molecule has 2 rings (SSSR count). The largest absolute Gasteiger partial charge is 0.490 e. The first-order chi connectivity index (χ1) is 9.16. The molecule has 1 aliphatic rings. The molecular weight excluding hydrogens is 243 g/mol. The van der Waals surface area contributed by atoms with Crippen LogP contribution in [0.2, 0.25) is 0 Å². The van der Waals surface area contributed by atoms with Gasteiger partial charge >= 0.3 is 0 Å². The number of halogens is 1. The second-order valence-electron chi connectivity index (χ2n) is 3.96. The Morgan fingerprint density at radius 3 is 2.32 bits per heavy atom. The number of benzene rings is 1. The van der Waals surface area contributed by atoms with Crippen molar-refractivity contribution in [3.63, 3.8) is 0 Å². The molecule has 0 heterocycles. The van der Waals surface area contributed by atoms with Crippen LogP contribution < -0.4 is 4.74 Å². The minimum atomic E-state index is -0.402. The minimum Gasteiger partial charge on any atom is -0.490 e. The summed E-state index contributed by atoms with van der Waals surface area (Å²) in [4.78, 5) is 11.1. The van der Waals surface area contributed by atoms with E-state index in [0.29, 0.717) is 18.1 Å². The molecule has 108 valence electrons. The first-order valence-electron chi connectivity index (χ1n) is 7.10. The molecular formula is C16H25FO2. The molecule has 1 aromatic rings. The first kappa shape index (κ1) is 17.6. The zero-order valence-electron chi connectivity index (χ0n) is 12.6. The minimum absolute atomic E-state index is 0.0775. The summed E-state index contributed by atoms with van der Waals surface area (Å²) in [6.45, 7) is 10.0. The molecule has 0 radical (unpaired) electrons. The maximum atomic E-state index is 13.3. The molecule has 1 aromatic carbocycles. The van der Waals surface area contributed by atoms with E-state index in [9.17, 15) is 9.18 Å². The van der Waals surface area contributed by atoms with Gasteiger partial charge in [-0.05, 0) is 43.9 Å². The van der Waals surface area contributed by atoms with Crippen molar-refractivity contribution < 1.29 is 13.9 Å². The zero-order chi connectivity index (χ0) is 14.8. The van der Waals surface area contributed by atoms with Crippen molar-refractivity contribution in [2.45, 2.75) is 47.5 Å². The van der Waals surface area contributed by atoms with Crippen LogP contribution in [0.4, 0.5) is 4.39 Å². The van der Waals surface area contributed by atoms with Gasteiger partial charge in [-0.2, -0.15) is 0 Å². The lowest BCUT2D eigenvalue weighted by molar-refractivity contribution is 0.101. The highest BCUT2D eigenvalue weighted by Gasteiger charge is 2.22. The van der Waals surface area contributed by atoms with E-state index < -0.39 is 5.82 Å². The van der Waals surface area contributed by atoms with Crippen molar-refractivity contribution in [3.05, 3.63) is 29.6 Å². The fourth-order valence-corrected chi connectivity index (χ4v) is 1.33. The monoisotopic (exact) mass is 268 g/mol. The number of ether oxygens (including phenoxy) is 1. The summed E-state index contributed by atoms with van der Waals surface area (Å²) in [5.41, 5.74) is 0.488. The van der Waals surface area contributed by atoms with E-state index in [2.05, 4.69) is 0 Å².